The number of hydrogen-bond donors (Lipinski definition) is 2. The van der Waals surface area contributed by atoms with Crippen LogP contribution >= 0.6 is 0 Å². The third-order valence-corrected chi connectivity index (χ3v) is 2.85. The first kappa shape index (κ1) is 12.3. The normalized spacial score (nSPS) is 19.9. The molecule has 8 heteroatoms. The van der Waals surface area contributed by atoms with Crippen molar-refractivity contribution in [2.75, 3.05) is 19.3 Å². The first-order valence-corrected chi connectivity index (χ1v) is 5.73. The number of nitrogen functional groups attached to an aromatic ring is 1. The first-order valence-electron chi connectivity index (χ1n) is 5.73. The van der Waals surface area contributed by atoms with Gasteiger partial charge in [0.05, 0.1) is 0 Å². The zero-order valence-electron chi connectivity index (χ0n) is 10.2. The number of amides is 2. The molecule has 1 unspecified atom stereocenters. The molecule has 8 nitrogen and oxygen atoms in total. The van der Waals surface area contributed by atoms with Crippen LogP contribution in [0.2, 0.25) is 0 Å². The van der Waals surface area contributed by atoms with Crippen LogP contribution in [-0.2, 0) is 16.1 Å². The highest BCUT2D eigenvalue weighted by molar-refractivity contribution is 5.78. The van der Waals surface area contributed by atoms with Crippen LogP contribution in [0, 0.1) is 0 Å². The molecule has 1 aromatic rings. The molecule has 2 rings (SSSR count). The van der Waals surface area contributed by atoms with E-state index in [1.807, 2.05) is 0 Å². The smallest absolute Gasteiger partial charge is 0.242 e. The van der Waals surface area contributed by atoms with Gasteiger partial charge in [-0.2, -0.15) is 0 Å². The highest BCUT2D eigenvalue weighted by Crippen LogP contribution is 2.09. The molecule has 0 saturated carbocycles. The summed E-state index contributed by atoms with van der Waals surface area (Å²) in [5.74, 6) is 0.1000. The largest absolute Gasteiger partial charge is 0.367 e. The van der Waals surface area contributed by atoms with E-state index in [1.165, 1.54) is 11.0 Å². The van der Waals surface area contributed by atoms with Crippen molar-refractivity contribution in [2.24, 2.45) is 0 Å². The summed E-state index contributed by atoms with van der Waals surface area (Å²) < 4.78 is 1.38. The maximum Gasteiger partial charge on any atom is 0.242 e. The maximum atomic E-state index is 11.7. The second-order valence-corrected chi connectivity index (χ2v) is 4.38. The molecule has 3 N–H and O–H groups in total. The predicted molar refractivity (Wildman–Crippen MR) is 63.2 cm³/mol. The second kappa shape index (κ2) is 5.03. The van der Waals surface area contributed by atoms with Crippen molar-refractivity contribution < 1.29 is 9.59 Å². The van der Waals surface area contributed by atoms with Gasteiger partial charge in [0.2, 0.25) is 17.8 Å². The van der Waals surface area contributed by atoms with Gasteiger partial charge in [0.15, 0.2) is 0 Å². The molecule has 98 valence electrons. The number of likely N-dealkylation sites (N-methyl/N-ethyl adjacent to an activating group) is 1. The number of nitrogens with zero attached hydrogens (tertiary/aromatic N) is 4. The van der Waals surface area contributed by atoms with Crippen molar-refractivity contribution in [3.63, 3.8) is 0 Å². The number of aromatic nitrogens is 3. The Morgan fingerprint density at radius 3 is 3.06 bits per heavy atom. The predicted octanol–water partition coefficient (Wildman–Crippen LogP) is -1.40. The number of carbonyl (C=O) groups is 2. The molecule has 0 aliphatic carbocycles. The van der Waals surface area contributed by atoms with Crippen molar-refractivity contribution >= 4 is 17.8 Å². The van der Waals surface area contributed by atoms with Crippen molar-refractivity contribution in [3.8, 4) is 0 Å². The van der Waals surface area contributed by atoms with E-state index in [1.54, 1.807) is 11.9 Å². The van der Waals surface area contributed by atoms with Crippen molar-refractivity contribution in [3.05, 3.63) is 6.33 Å². The summed E-state index contributed by atoms with van der Waals surface area (Å²) in [7, 11) is 1.73. The molecule has 0 bridgehead atoms. The Labute approximate surface area is 104 Å². The summed E-state index contributed by atoms with van der Waals surface area (Å²) in [6.45, 7) is 0.627. The molecule has 1 aliphatic rings. The van der Waals surface area contributed by atoms with Gasteiger partial charge < -0.3 is 16.0 Å². The Hall–Kier alpha value is -2.12. The lowest BCUT2D eigenvalue weighted by Crippen LogP contribution is -2.49. The molecule has 0 aromatic carbocycles. The Kier molecular flexibility index (Phi) is 3.45. The lowest BCUT2D eigenvalue weighted by atomic mass is 10.1. The van der Waals surface area contributed by atoms with Gasteiger partial charge >= 0.3 is 0 Å². The van der Waals surface area contributed by atoms with E-state index in [-0.39, 0.29) is 30.3 Å². The minimum absolute atomic E-state index is 0.000989. The van der Waals surface area contributed by atoms with Gasteiger partial charge in [0.1, 0.15) is 12.9 Å². The fourth-order valence-corrected chi connectivity index (χ4v) is 1.94. The van der Waals surface area contributed by atoms with E-state index >= 15 is 0 Å². The molecule has 1 saturated heterocycles. The first-order chi connectivity index (χ1) is 8.54. The van der Waals surface area contributed by atoms with Gasteiger partial charge in [-0.25, -0.2) is 9.67 Å². The van der Waals surface area contributed by atoms with Gasteiger partial charge in [-0.15, -0.1) is 5.10 Å². The van der Waals surface area contributed by atoms with Crippen LogP contribution in [0.15, 0.2) is 6.33 Å². The number of anilines is 1. The summed E-state index contributed by atoms with van der Waals surface area (Å²) in [5.41, 5.74) is 5.35. The number of hydrogen-bond acceptors (Lipinski definition) is 5. The van der Waals surface area contributed by atoms with Crippen LogP contribution < -0.4 is 11.1 Å². The zero-order valence-corrected chi connectivity index (χ0v) is 10.2. The molecule has 1 atom stereocenters. The average molecular weight is 252 g/mol. The zero-order chi connectivity index (χ0) is 13.1. The van der Waals surface area contributed by atoms with Crippen molar-refractivity contribution in [1.82, 2.24) is 25.0 Å². The maximum absolute atomic E-state index is 11.7. The van der Waals surface area contributed by atoms with E-state index in [9.17, 15) is 9.59 Å². The van der Waals surface area contributed by atoms with E-state index in [4.69, 9.17) is 5.73 Å². The average Bonchev–Trinajstić information content (AvgIpc) is 2.69. The van der Waals surface area contributed by atoms with Gasteiger partial charge in [0.25, 0.3) is 0 Å². The summed E-state index contributed by atoms with van der Waals surface area (Å²) in [5, 5.41) is 6.69. The number of nitrogens with one attached hydrogen (secondary N) is 1. The van der Waals surface area contributed by atoms with E-state index in [0.717, 1.165) is 0 Å². The molecular weight excluding hydrogens is 236 g/mol. The Bertz CT molecular complexity index is 457. The Balaban J connectivity index is 1.82. The summed E-state index contributed by atoms with van der Waals surface area (Å²) in [6.07, 6.45) is 2.55. The Morgan fingerprint density at radius 2 is 2.44 bits per heavy atom. The molecule has 0 spiro atoms. The topological polar surface area (TPSA) is 106 Å². The van der Waals surface area contributed by atoms with Crippen LogP contribution in [0.5, 0.6) is 0 Å². The SMILES string of the molecule is CN1CC(NC(=O)Cn2cnc(N)n2)CCC1=O. The fraction of sp³-hybridized carbons (Fsp3) is 0.600. The van der Waals surface area contributed by atoms with Crippen LogP contribution in [0.3, 0.4) is 0 Å². The number of rotatable bonds is 3. The second-order valence-electron chi connectivity index (χ2n) is 4.38. The fourth-order valence-electron chi connectivity index (χ4n) is 1.94. The molecule has 1 fully saturated rings. The quantitative estimate of drug-likeness (QED) is 0.688. The number of likely N-dealkylation sites (tertiary alicyclic amines) is 1. The summed E-state index contributed by atoms with van der Waals surface area (Å²) in [6, 6.07) is 0.000989. The molecule has 2 amide bonds. The van der Waals surface area contributed by atoms with Gasteiger partial charge in [0, 0.05) is 26.1 Å². The molecule has 1 aromatic heterocycles. The lowest BCUT2D eigenvalue weighted by molar-refractivity contribution is -0.134. The highest BCUT2D eigenvalue weighted by Gasteiger charge is 2.23. The number of nitrogens with two attached hydrogens (primary N) is 1. The van der Waals surface area contributed by atoms with Crippen LogP contribution in [0.25, 0.3) is 0 Å². The molecular formula is C10H16N6O2. The third kappa shape index (κ3) is 2.96. The van der Waals surface area contributed by atoms with Gasteiger partial charge in [-0.1, -0.05) is 0 Å². The van der Waals surface area contributed by atoms with Gasteiger partial charge in [-0.05, 0) is 6.42 Å². The summed E-state index contributed by atoms with van der Waals surface area (Å²) in [4.78, 5) is 28.4. The standard InChI is InChI=1S/C10H16N6O2/c1-15-4-7(2-3-9(15)18)13-8(17)5-16-6-12-10(11)14-16/h6-7H,2-5H2,1H3,(H2,11,14)(H,13,17). The molecule has 0 radical (unpaired) electrons. The molecule has 18 heavy (non-hydrogen) atoms. The van der Waals surface area contributed by atoms with Crippen LogP contribution in [-0.4, -0.2) is 51.1 Å². The Morgan fingerprint density at radius 1 is 1.67 bits per heavy atom. The van der Waals surface area contributed by atoms with Gasteiger partial charge in [-0.3, -0.25) is 9.59 Å². The number of carbonyl (C=O) groups excluding carboxylic acids is 2. The van der Waals surface area contributed by atoms with Crippen molar-refractivity contribution in [1.29, 1.82) is 0 Å². The van der Waals surface area contributed by atoms with E-state index < -0.39 is 0 Å². The molecule has 1 aliphatic heterocycles. The van der Waals surface area contributed by atoms with E-state index in [2.05, 4.69) is 15.4 Å². The molecule has 2 heterocycles. The minimum Gasteiger partial charge on any atom is -0.367 e. The third-order valence-electron chi connectivity index (χ3n) is 2.85. The van der Waals surface area contributed by atoms with Crippen LogP contribution in [0.4, 0.5) is 5.95 Å². The highest BCUT2D eigenvalue weighted by atomic mass is 16.2. The lowest BCUT2D eigenvalue weighted by Gasteiger charge is -2.30. The van der Waals surface area contributed by atoms with Crippen molar-refractivity contribution in [2.45, 2.75) is 25.4 Å². The summed E-state index contributed by atoms with van der Waals surface area (Å²) >= 11 is 0. The monoisotopic (exact) mass is 252 g/mol. The minimum atomic E-state index is -0.160. The van der Waals surface area contributed by atoms with E-state index in [0.29, 0.717) is 19.4 Å². The van der Waals surface area contributed by atoms with Crippen LogP contribution in [0.1, 0.15) is 12.8 Å². The number of piperidine rings is 1.